The van der Waals surface area contributed by atoms with Crippen LogP contribution in [0.2, 0.25) is 0 Å². The second kappa shape index (κ2) is 7.26. The Balaban J connectivity index is 1.95. The van der Waals surface area contributed by atoms with Crippen molar-refractivity contribution < 1.29 is 0 Å². The second-order valence-corrected chi connectivity index (χ2v) is 9.35. The Morgan fingerprint density at radius 2 is 1.10 bits per heavy atom. The SMILES string of the molecule is Brc1ccc(SP(c2ccccc2)c2ccccc2)cc1. The number of halogens is 1. The number of rotatable bonds is 4. The number of benzene rings is 3. The lowest BCUT2D eigenvalue weighted by Gasteiger charge is -2.17. The van der Waals surface area contributed by atoms with E-state index in [1.807, 2.05) is 11.4 Å². The van der Waals surface area contributed by atoms with Gasteiger partial charge < -0.3 is 0 Å². The molecular formula is C18H14BrPS. The van der Waals surface area contributed by atoms with E-state index >= 15 is 0 Å². The normalized spacial score (nSPS) is 10.8. The van der Waals surface area contributed by atoms with E-state index in [2.05, 4.69) is 101 Å². The first-order valence-corrected chi connectivity index (χ1v) is 10.2. The highest BCUT2D eigenvalue weighted by Crippen LogP contribution is 2.51. The first-order chi connectivity index (χ1) is 10.3. The van der Waals surface area contributed by atoms with Gasteiger partial charge in [-0.15, -0.1) is 0 Å². The lowest BCUT2D eigenvalue weighted by atomic mass is 10.4. The summed E-state index contributed by atoms with van der Waals surface area (Å²) < 4.78 is 1.12. The zero-order chi connectivity index (χ0) is 14.5. The molecule has 0 aliphatic heterocycles. The largest absolute Gasteiger partial charge is 0.0888 e. The molecule has 0 bridgehead atoms. The summed E-state index contributed by atoms with van der Waals surface area (Å²) in [6.45, 7) is 0. The molecule has 3 rings (SSSR count). The molecule has 3 aromatic carbocycles. The van der Waals surface area contributed by atoms with E-state index < -0.39 is 7.12 Å². The maximum atomic E-state index is 3.50. The maximum Gasteiger partial charge on any atom is 0.0207 e. The van der Waals surface area contributed by atoms with Crippen molar-refractivity contribution in [2.24, 2.45) is 0 Å². The summed E-state index contributed by atoms with van der Waals surface area (Å²) in [6.07, 6.45) is 0. The molecular weight excluding hydrogens is 359 g/mol. The van der Waals surface area contributed by atoms with E-state index in [9.17, 15) is 0 Å². The van der Waals surface area contributed by atoms with Gasteiger partial charge in [-0.05, 0) is 34.9 Å². The van der Waals surface area contributed by atoms with Crippen LogP contribution >= 0.6 is 34.4 Å². The van der Waals surface area contributed by atoms with Gasteiger partial charge in [0.25, 0.3) is 0 Å². The minimum absolute atomic E-state index is 0.435. The van der Waals surface area contributed by atoms with Gasteiger partial charge in [-0.3, -0.25) is 0 Å². The lowest BCUT2D eigenvalue weighted by molar-refractivity contribution is 1.45. The lowest BCUT2D eigenvalue weighted by Crippen LogP contribution is -2.08. The summed E-state index contributed by atoms with van der Waals surface area (Å²) >= 11 is 5.45. The van der Waals surface area contributed by atoms with E-state index in [1.54, 1.807) is 0 Å². The monoisotopic (exact) mass is 372 g/mol. The van der Waals surface area contributed by atoms with Crippen LogP contribution in [0, 0.1) is 0 Å². The van der Waals surface area contributed by atoms with Gasteiger partial charge >= 0.3 is 0 Å². The van der Waals surface area contributed by atoms with E-state index in [0.29, 0.717) is 0 Å². The standard InChI is InChI=1S/C18H14BrPS/c19-15-11-13-18(14-12-15)21-20(16-7-3-1-4-8-16)17-9-5-2-6-10-17/h1-14H. The van der Waals surface area contributed by atoms with Crippen molar-refractivity contribution >= 4 is 45.0 Å². The van der Waals surface area contributed by atoms with Gasteiger partial charge in [-0.1, -0.05) is 88.0 Å². The average molecular weight is 373 g/mol. The van der Waals surface area contributed by atoms with Crippen LogP contribution in [-0.2, 0) is 0 Å². The van der Waals surface area contributed by atoms with Gasteiger partial charge in [0.2, 0.25) is 0 Å². The molecule has 0 radical (unpaired) electrons. The molecule has 0 aliphatic carbocycles. The van der Waals surface area contributed by atoms with Gasteiger partial charge in [0, 0.05) is 16.5 Å². The Bertz CT molecular complexity index is 644. The molecule has 3 aromatic rings. The second-order valence-electron chi connectivity index (χ2n) is 4.51. The Hall–Kier alpha value is -1.08. The Morgan fingerprint density at radius 1 is 0.619 bits per heavy atom. The van der Waals surface area contributed by atoms with Gasteiger partial charge in [0.1, 0.15) is 0 Å². The highest BCUT2D eigenvalue weighted by Gasteiger charge is 2.15. The molecule has 0 nitrogen and oxygen atoms in total. The molecule has 0 saturated heterocycles. The predicted octanol–water partition coefficient (Wildman–Crippen LogP) is 5.59. The summed E-state index contributed by atoms with van der Waals surface area (Å²) in [4.78, 5) is 1.30. The summed E-state index contributed by atoms with van der Waals surface area (Å²) in [5, 5.41) is 2.79. The van der Waals surface area contributed by atoms with Gasteiger partial charge in [0.05, 0.1) is 0 Å². The Morgan fingerprint density at radius 3 is 1.57 bits per heavy atom. The third kappa shape index (κ3) is 3.97. The minimum atomic E-state index is -0.435. The van der Waals surface area contributed by atoms with E-state index in [0.717, 1.165) is 4.47 Å². The molecule has 104 valence electrons. The number of hydrogen-bond donors (Lipinski definition) is 0. The quantitative estimate of drug-likeness (QED) is 0.538. The summed E-state index contributed by atoms with van der Waals surface area (Å²) in [5.74, 6) is 0. The molecule has 0 atom stereocenters. The summed E-state index contributed by atoms with van der Waals surface area (Å²) in [6, 6.07) is 30.1. The van der Waals surface area contributed by atoms with E-state index in [4.69, 9.17) is 0 Å². The Kier molecular flexibility index (Phi) is 5.13. The highest BCUT2D eigenvalue weighted by molar-refractivity contribution is 9.10. The molecule has 3 heteroatoms. The fourth-order valence-electron chi connectivity index (χ4n) is 1.98. The van der Waals surface area contributed by atoms with Crippen molar-refractivity contribution in [3.63, 3.8) is 0 Å². The smallest absolute Gasteiger partial charge is 0.0207 e. The molecule has 0 heterocycles. The summed E-state index contributed by atoms with van der Waals surface area (Å²) in [7, 11) is -0.435. The minimum Gasteiger partial charge on any atom is -0.0888 e. The number of hydrogen-bond acceptors (Lipinski definition) is 1. The van der Waals surface area contributed by atoms with Crippen LogP contribution in [-0.4, -0.2) is 0 Å². The topological polar surface area (TPSA) is 0 Å². The molecule has 0 aromatic heterocycles. The molecule has 0 saturated carbocycles. The molecule has 0 unspecified atom stereocenters. The van der Waals surface area contributed by atoms with Crippen LogP contribution in [0.3, 0.4) is 0 Å². The van der Waals surface area contributed by atoms with Gasteiger partial charge in [0.15, 0.2) is 0 Å². The third-order valence-corrected chi connectivity index (χ3v) is 8.17. The van der Waals surface area contributed by atoms with Crippen LogP contribution in [0.25, 0.3) is 0 Å². The van der Waals surface area contributed by atoms with Crippen molar-refractivity contribution in [3.05, 3.63) is 89.4 Å². The first kappa shape index (κ1) is 14.8. The van der Waals surface area contributed by atoms with Crippen LogP contribution < -0.4 is 10.6 Å². The van der Waals surface area contributed by atoms with E-state index in [-0.39, 0.29) is 0 Å². The summed E-state index contributed by atoms with van der Waals surface area (Å²) in [5.41, 5.74) is 0. The van der Waals surface area contributed by atoms with Crippen LogP contribution in [0.5, 0.6) is 0 Å². The first-order valence-electron chi connectivity index (χ1n) is 6.67. The van der Waals surface area contributed by atoms with Gasteiger partial charge in [-0.2, -0.15) is 0 Å². The van der Waals surface area contributed by atoms with Crippen molar-refractivity contribution in [2.75, 3.05) is 0 Å². The van der Waals surface area contributed by atoms with Gasteiger partial charge in [-0.25, -0.2) is 0 Å². The van der Waals surface area contributed by atoms with Crippen LogP contribution in [0.15, 0.2) is 94.3 Å². The molecule has 0 N–H and O–H groups in total. The van der Waals surface area contributed by atoms with Crippen LogP contribution in [0.1, 0.15) is 0 Å². The molecule has 0 amide bonds. The van der Waals surface area contributed by atoms with E-state index in [1.165, 1.54) is 15.5 Å². The third-order valence-electron chi connectivity index (χ3n) is 2.99. The maximum absolute atomic E-state index is 3.50. The molecule has 0 spiro atoms. The molecule has 0 fully saturated rings. The van der Waals surface area contributed by atoms with Crippen LogP contribution in [0.4, 0.5) is 0 Å². The van der Waals surface area contributed by atoms with Crippen molar-refractivity contribution in [3.8, 4) is 0 Å². The average Bonchev–Trinajstić information content (AvgIpc) is 2.56. The molecule has 21 heavy (non-hydrogen) atoms. The van der Waals surface area contributed by atoms with Crippen molar-refractivity contribution in [1.29, 1.82) is 0 Å². The highest BCUT2D eigenvalue weighted by atomic mass is 79.9. The fourth-order valence-corrected chi connectivity index (χ4v) is 6.47. The van der Waals surface area contributed by atoms with Crippen molar-refractivity contribution in [1.82, 2.24) is 0 Å². The Labute approximate surface area is 139 Å². The predicted molar refractivity (Wildman–Crippen MR) is 99.1 cm³/mol. The zero-order valence-electron chi connectivity index (χ0n) is 11.3. The van der Waals surface area contributed by atoms with Crippen molar-refractivity contribution in [2.45, 2.75) is 4.90 Å². The fraction of sp³-hybridized carbons (Fsp3) is 0. The molecule has 0 aliphatic rings. The zero-order valence-corrected chi connectivity index (χ0v) is 14.6.